The number of amides is 1. The number of nitro benzene ring substituents is 1. The number of ether oxygens (including phenoxy) is 1. The first-order valence-electron chi connectivity index (χ1n) is 7.61. The minimum absolute atomic E-state index is 0.0264. The summed E-state index contributed by atoms with van der Waals surface area (Å²) in [6.45, 7) is 1.74. The fraction of sp³-hybridized carbons (Fsp3) is 0.118. The second-order valence-corrected chi connectivity index (χ2v) is 6.22. The number of anilines is 1. The third-order valence-corrected chi connectivity index (χ3v) is 4.37. The number of aromatic nitrogens is 1. The first-order valence-corrected chi connectivity index (χ1v) is 8.43. The highest BCUT2D eigenvalue weighted by Crippen LogP contribution is 2.26. The molecular weight excluding hydrogens is 358 g/mol. The van der Waals surface area contributed by atoms with Gasteiger partial charge in [-0.3, -0.25) is 20.2 Å². The summed E-state index contributed by atoms with van der Waals surface area (Å²) in [6, 6.07) is 10.8. The number of esters is 1. The molecule has 0 saturated heterocycles. The predicted octanol–water partition coefficient (Wildman–Crippen LogP) is 3.63. The van der Waals surface area contributed by atoms with E-state index < -0.39 is 16.8 Å². The molecule has 2 aromatic carbocycles. The number of hydrogen-bond acceptors (Lipinski definition) is 7. The third kappa shape index (κ3) is 3.67. The second-order valence-electron chi connectivity index (χ2n) is 5.19. The zero-order valence-electron chi connectivity index (χ0n) is 13.6. The number of carbonyl (C=O) groups is 2. The van der Waals surface area contributed by atoms with Crippen LogP contribution in [0.25, 0.3) is 10.2 Å². The fourth-order valence-electron chi connectivity index (χ4n) is 2.27. The molecule has 132 valence electrons. The quantitative estimate of drug-likeness (QED) is 0.416. The van der Waals surface area contributed by atoms with Gasteiger partial charge in [0.05, 0.1) is 27.3 Å². The van der Waals surface area contributed by atoms with Crippen LogP contribution in [0.3, 0.4) is 0 Å². The Hall–Kier alpha value is -3.33. The van der Waals surface area contributed by atoms with Crippen LogP contribution in [-0.2, 0) is 4.74 Å². The van der Waals surface area contributed by atoms with Crippen molar-refractivity contribution in [2.45, 2.75) is 6.92 Å². The lowest BCUT2D eigenvalue weighted by Crippen LogP contribution is -2.14. The number of nitrogens with one attached hydrogen (secondary N) is 1. The Morgan fingerprint density at radius 2 is 1.96 bits per heavy atom. The molecule has 8 nitrogen and oxygen atoms in total. The number of para-hydroxylation sites is 1. The largest absolute Gasteiger partial charge is 0.462 e. The molecule has 0 atom stereocenters. The minimum Gasteiger partial charge on any atom is -0.462 e. The molecule has 0 aliphatic rings. The summed E-state index contributed by atoms with van der Waals surface area (Å²) in [7, 11) is 0. The highest BCUT2D eigenvalue weighted by molar-refractivity contribution is 7.22. The second kappa shape index (κ2) is 7.28. The Labute approximate surface area is 151 Å². The number of fused-ring (bicyclic) bond motifs is 1. The average Bonchev–Trinajstić information content (AvgIpc) is 3.03. The van der Waals surface area contributed by atoms with Crippen molar-refractivity contribution < 1.29 is 19.2 Å². The molecule has 0 aliphatic heterocycles. The lowest BCUT2D eigenvalue weighted by Gasteiger charge is -2.06. The Kier molecular flexibility index (Phi) is 4.90. The maximum atomic E-state index is 12.5. The van der Waals surface area contributed by atoms with Gasteiger partial charge in [-0.25, -0.2) is 9.78 Å². The van der Waals surface area contributed by atoms with Crippen LogP contribution >= 0.6 is 11.3 Å². The predicted molar refractivity (Wildman–Crippen MR) is 96.6 cm³/mol. The van der Waals surface area contributed by atoms with Crippen molar-refractivity contribution in [2.24, 2.45) is 0 Å². The van der Waals surface area contributed by atoms with Gasteiger partial charge in [0, 0.05) is 17.7 Å². The van der Waals surface area contributed by atoms with Crippen LogP contribution in [0.5, 0.6) is 0 Å². The lowest BCUT2D eigenvalue weighted by atomic mass is 10.1. The van der Waals surface area contributed by atoms with Crippen LogP contribution in [0.1, 0.15) is 27.6 Å². The van der Waals surface area contributed by atoms with Gasteiger partial charge in [-0.15, -0.1) is 0 Å². The summed E-state index contributed by atoms with van der Waals surface area (Å²) in [5.41, 5.74) is 0.279. The van der Waals surface area contributed by atoms with Crippen molar-refractivity contribution in [3.05, 3.63) is 63.7 Å². The van der Waals surface area contributed by atoms with Gasteiger partial charge in [0.15, 0.2) is 5.13 Å². The SMILES string of the molecule is CCOC(=O)c1cc(C(=O)Nc2nc3ccccc3s2)cc([N+](=O)[O-])c1. The summed E-state index contributed by atoms with van der Waals surface area (Å²) in [6.07, 6.45) is 0. The molecule has 0 spiro atoms. The molecule has 0 unspecified atom stereocenters. The van der Waals surface area contributed by atoms with E-state index in [2.05, 4.69) is 10.3 Å². The Balaban J connectivity index is 1.92. The van der Waals surface area contributed by atoms with Crippen molar-refractivity contribution >= 4 is 44.2 Å². The van der Waals surface area contributed by atoms with Crippen molar-refractivity contribution in [1.82, 2.24) is 4.98 Å². The Morgan fingerprint density at radius 1 is 1.23 bits per heavy atom. The average molecular weight is 371 g/mol. The van der Waals surface area contributed by atoms with Crippen LogP contribution in [0, 0.1) is 10.1 Å². The van der Waals surface area contributed by atoms with Gasteiger partial charge in [-0.2, -0.15) is 0 Å². The van der Waals surface area contributed by atoms with Crippen molar-refractivity contribution in [1.29, 1.82) is 0 Å². The van der Waals surface area contributed by atoms with Gasteiger partial charge in [-0.05, 0) is 25.1 Å². The number of thiazole rings is 1. The van der Waals surface area contributed by atoms with E-state index in [0.29, 0.717) is 5.13 Å². The molecule has 0 saturated carbocycles. The number of hydrogen-bond donors (Lipinski definition) is 1. The highest BCUT2D eigenvalue weighted by atomic mass is 32.1. The molecule has 9 heteroatoms. The van der Waals surface area contributed by atoms with Gasteiger partial charge in [0.1, 0.15) is 0 Å². The molecule has 1 N–H and O–H groups in total. The van der Waals surface area contributed by atoms with Crippen LogP contribution in [0.4, 0.5) is 10.8 Å². The summed E-state index contributed by atoms with van der Waals surface area (Å²) in [5.74, 6) is -1.33. The van der Waals surface area contributed by atoms with Gasteiger partial charge in [0.2, 0.25) is 0 Å². The van der Waals surface area contributed by atoms with Crippen LogP contribution < -0.4 is 5.32 Å². The van der Waals surface area contributed by atoms with Gasteiger partial charge < -0.3 is 4.74 Å². The first-order chi connectivity index (χ1) is 12.5. The van der Waals surface area contributed by atoms with E-state index in [-0.39, 0.29) is 23.4 Å². The van der Waals surface area contributed by atoms with E-state index in [1.807, 2.05) is 24.3 Å². The smallest absolute Gasteiger partial charge is 0.338 e. The number of nitrogens with zero attached hydrogens (tertiary/aromatic N) is 2. The summed E-state index contributed by atoms with van der Waals surface area (Å²) >= 11 is 1.28. The summed E-state index contributed by atoms with van der Waals surface area (Å²) in [5, 5.41) is 14.1. The molecular formula is C17H13N3O5S. The molecule has 1 aromatic heterocycles. The zero-order chi connectivity index (χ0) is 18.7. The van der Waals surface area contributed by atoms with Crippen LogP contribution in [0.15, 0.2) is 42.5 Å². The maximum absolute atomic E-state index is 12.5. The van der Waals surface area contributed by atoms with Crippen LogP contribution in [0.2, 0.25) is 0 Å². The van der Waals surface area contributed by atoms with Crippen LogP contribution in [-0.4, -0.2) is 28.4 Å². The number of non-ortho nitro benzene ring substituents is 1. The zero-order valence-corrected chi connectivity index (χ0v) is 14.4. The molecule has 1 amide bonds. The number of carbonyl (C=O) groups excluding carboxylic acids is 2. The fourth-order valence-corrected chi connectivity index (χ4v) is 3.14. The summed E-state index contributed by atoms with van der Waals surface area (Å²) < 4.78 is 5.75. The molecule has 0 radical (unpaired) electrons. The Morgan fingerprint density at radius 3 is 2.65 bits per heavy atom. The highest BCUT2D eigenvalue weighted by Gasteiger charge is 2.19. The normalized spacial score (nSPS) is 10.5. The van der Waals surface area contributed by atoms with Gasteiger partial charge in [0.25, 0.3) is 11.6 Å². The standard InChI is InChI=1S/C17H13N3O5S/c1-2-25-16(22)11-7-10(8-12(9-11)20(23)24)15(21)19-17-18-13-5-3-4-6-14(13)26-17/h3-9H,2H2,1H3,(H,18,19,21). The molecule has 3 aromatic rings. The molecule has 0 bridgehead atoms. The maximum Gasteiger partial charge on any atom is 0.338 e. The van der Waals surface area contributed by atoms with E-state index >= 15 is 0 Å². The molecule has 0 fully saturated rings. The molecule has 3 rings (SSSR count). The van der Waals surface area contributed by atoms with E-state index in [9.17, 15) is 19.7 Å². The summed E-state index contributed by atoms with van der Waals surface area (Å²) in [4.78, 5) is 39.1. The molecule has 0 aliphatic carbocycles. The first kappa shape index (κ1) is 17.5. The van der Waals surface area contributed by atoms with Crippen molar-refractivity contribution in [3.63, 3.8) is 0 Å². The van der Waals surface area contributed by atoms with E-state index in [0.717, 1.165) is 22.3 Å². The monoisotopic (exact) mass is 371 g/mol. The topological polar surface area (TPSA) is 111 Å². The number of rotatable bonds is 5. The molecule has 26 heavy (non-hydrogen) atoms. The lowest BCUT2D eigenvalue weighted by molar-refractivity contribution is -0.384. The van der Waals surface area contributed by atoms with E-state index in [1.54, 1.807) is 6.92 Å². The van der Waals surface area contributed by atoms with E-state index in [4.69, 9.17) is 4.74 Å². The number of nitro groups is 1. The van der Waals surface area contributed by atoms with Gasteiger partial charge in [-0.1, -0.05) is 23.5 Å². The molecule has 1 heterocycles. The van der Waals surface area contributed by atoms with Gasteiger partial charge >= 0.3 is 5.97 Å². The third-order valence-electron chi connectivity index (χ3n) is 3.42. The van der Waals surface area contributed by atoms with E-state index in [1.165, 1.54) is 17.4 Å². The Bertz CT molecular complexity index is 982. The van der Waals surface area contributed by atoms with Crippen molar-refractivity contribution in [2.75, 3.05) is 11.9 Å². The number of benzene rings is 2. The minimum atomic E-state index is -0.731. The van der Waals surface area contributed by atoms with Crippen molar-refractivity contribution in [3.8, 4) is 0 Å².